The molecule has 1 aromatic rings. The summed E-state index contributed by atoms with van der Waals surface area (Å²) in [5.74, 6) is -0.823. The number of amides is 2. The third-order valence-corrected chi connectivity index (χ3v) is 3.44. The number of rotatable bonds is 5. The molecular weight excluding hydrogens is 289 g/mol. The average Bonchev–Trinajstić information content (AvgIpc) is 2.91. The Labute approximate surface area is 127 Å². The minimum atomic E-state index is -1.12. The largest absolute Gasteiger partial charge is 0.379 e. The Hall–Kier alpha value is -2.44. The molecule has 0 fully saturated rings. The Morgan fingerprint density at radius 3 is 2.68 bits per heavy atom. The van der Waals surface area contributed by atoms with E-state index in [-0.39, 0.29) is 37.0 Å². The highest BCUT2D eigenvalue weighted by molar-refractivity contribution is 6.05. The minimum absolute atomic E-state index is 0.152. The molecule has 0 spiro atoms. The summed E-state index contributed by atoms with van der Waals surface area (Å²) >= 11 is 0. The first-order chi connectivity index (χ1) is 10.4. The Balaban J connectivity index is 1.92. The van der Waals surface area contributed by atoms with Crippen LogP contribution in [0, 0.1) is 5.82 Å². The van der Waals surface area contributed by atoms with Gasteiger partial charge in [-0.2, -0.15) is 0 Å². The van der Waals surface area contributed by atoms with Crippen LogP contribution in [0.3, 0.4) is 0 Å². The summed E-state index contributed by atoms with van der Waals surface area (Å²) in [5, 5.41) is 9.05. The van der Waals surface area contributed by atoms with E-state index in [0.29, 0.717) is 11.3 Å². The van der Waals surface area contributed by atoms with Crippen LogP contribution in [0.5, 0.6) is 0 Å². The molecule has 22 heavy (non-hydrogen) atoms. The molecule has 0 aliphatic carbocycles. The molecule has 1 aliphatic rings. The fourth-order valence-electron chi connectivity index (χ4n) is 2.06. The third-order valence-electron chi connectivity index (χ3n) is 3.44. The van der Waals surface area contributed by atoms with Gasteiger partial charge in [-0.1, -0.05) is 17.3 Å². The van der Waals surface area contributed by atoms with Crippen LogP contribution < -0.4 is 10.6 Å². The zero-order valence-electron chi connectivity index (χ0n) is 12.5. The fraction of sp³-hybridized carbons (Fsp3) is 0.400. The van der Waals surface area contributed by atoms with E-state index in [1.165, 1.54) is 19.2 Å². The summed E-state index contributed by atoms with van der Waals surface area (Å²) in [5.41, 5.74) is 0.180. The standard InChI is InChI=1S/C15H18FN3O3/c1-15(14(21)18-8-7-13(20)17-2)9-12(19-22-15)10-3-5-11(16)6-4-10/h3-6H,7-9H2,1-2H3,(H,17,20)(H,18,21)/t15-/m0/s1. The van der Waals surface area contributed by atoms with Gasteiger partial charge in [0.1, 0.15) is 5.82 Å². The summed E-state index contributed by atoms with van der Waals surface area (Å²) in [7, 11) is 1.54. The molecule has 0 saturated carbocycles. The van der Waals surface area contributed by atoms with E-state index in [1.54, 1.807) is 19.1 Å². The maximum absolute atomic E-state index is 12.9. The van der Waals surface area contributed by atoms with Crippen molar-refractivity contribution in [1.82, 2.24) is 10.6 Å². The third kappa shape index (κ3) is 3.60. The molecule has 0 radical (unpaired) electrons. The van der Waals surface area contributed by atoms with Crippen LogP contribution in [0.4, 0.5) is 4.39 Å². The summed E-state index contributed by atoms with van der Waals surface area (Å²) in [6, 6.07) is 5.84. The highest BCUT2D eigenvalue weighted by atomic mass is 19.1. The molecule has 118 valence electrons. The van der Waals surface area contributed by atoms with Crippen LogP contribution in [0.25, 0.3) is 0 Å². The van der Waals surface area contributed by atoms with E-state index in [1.807, 2.05) is 0 Å². The van der Waals surface area contributed by atoms with Gasteiger partial charge in [-0.05, 0) is 24.6 Å². The van der Waals surface area contributed by atoms with Crippen LogP contribution >= 0.6 is 0 Å². The van der Waals surface area contributed by atoms with E-state index in [9.17, 15) is 14.0 Å². The second-order valence-electron chi connectivity index (χ2n) is 5.22. The van der Waals surface area contributed by atoms with Crippen LogP contribution in [-0.4, -0.2) is 36.7 Å². The first kappa shape index (κ1) is 15.9. The first-order valence-electron chi connectivity index (χ1n) is 6.94. The maximum atomic E-state index is 12.9. The number of benzene rings is 1. The lowest BCUT2D eigenvalue weighted by molar-refractivity contribution is -0.141. The van der Waals surface area contributed by atoms with Crippen molar-refractivity contribution in [3.63, 3.8) is 0 Å². The topological polar surface area (TPSA) is 79.8 Å². The van der Waals surface area contributed by atoms with Gasteiger partial charge in [0.2, 0.25) is 11.5 Å². The quantitative estimate of drug-likeness (QED) is 0.850. The van der Waals surface area contributed by atoms with Crippen LogP contribution in [0.1, 0.15) is 25.3 Å². The predicted octanol–water partition coefficient (Wildman–Crippen LogP) is 0.961. The Morgan fingerprint density at radius 2 is 2.05 bits per heavy atom. The van der Waals surface area contributed by atoms with Gasteiger partial charge in [0.05, 0.1) is 5.71 Å². The number of oxime groups is 1. The van der Waals surface area contributed by atoms with E-state index >= 15 is 0 Å². The van der Waals surface area contributed by atoms with Gasteiger partial charge < -0.3 is 15.5 Å². The highest BCUT2D eigenvalue weighted by Crippen LogP contribution is 2.26. The van der Waals surface area contributed by atoms with Gasteiger partial charge in [-0.25, -0.2) is 4.39 Å². The molecule has 0 saturated heterocycles. The Kier molecular flexibility index (Phi) is 4.75. The van der Waals surface area contributed by atoms with Crippen molar-refractivity contribution >= 4 is 17.5 Å². The zero-order valence-corrected chi connectivity index (χ0v) is 12.5. The van der Waals surface area contributed by atoms with E-state index in [4.69, 9.17) is 4.84 Å². The van der Waals surface area contributed by atoms with Crippen molar-refractivity contribution in [2.45, 2.75) is 25.4 Å². The van der Waals surface area contributed by atoms with Crippen LogP contribution in [0.2, 0.25) is 0 Å². The summed E-state index contributed by atoms with van der Waals surface area (Å²) in [6.07, 6.45) is 0.481. The fourth-order valence-corrected chi connectivity index (χ4v) is 2.06. The maximum Gasteiger partial charge on any atom is 0.267 e. The lowest BCUT2D eigenvalue weighted by Gasteiger charge is -2.20. The van der Waals surface area contributed by atoms with Gasteiger partial charge >= 0.3 is 0 Å². The van der Waals surface area contributed by atoms with Gasteiger partial charge in [-0.15, -0.1) is 0 Å². The molecule has 0 unspecified atom stereocenters. The number of carbonyl (C=O) groups is 2. The van der Waals surface area contributed by atoms with Crippen molar-refractivity contribution in [2.75, 3.05) is 13.6 Å². The predicted molar refractivity (Wildman–Crippen MR) is 78.7 cm³/mol. The Morgan fingerprint density at radius 1 is 1.36 bits per heavy atom. The summed E-state index contributed by atoms with van der Waals surface area (Å²) < 4.78 is 12.9. The van der Waals surface area contributed by atoms with Gasteiger partial charge in [0, 0.05) is 26.4 Å². The molecule has 0 bridgehead atoms. The normalized spacial score (nSPS) is 20.0. The molecule has 1 atom stereocenters. The van der Waals surface area contributed by atoms with Crippen molar-refractivity contribution in [2.24, 2.45) is 5.16 Å². The molecule has 0 aromatic heterocycles. The van der Waals surface area contributed by atoms with Crippen molar-refractivity contribution in [1.29, 1.82) is 0 Å². The zero-order chi connectivity index (χ0) is 16.2. The van der Waals surface area contributed by atoms with E-state index in [0.717, 1.165) is 0 Å². The molecule has 1 heterocycles. The van der Waals surface area contributed by atoms with Gasteiger partial charge in [0.15, 0.2) is 0 Å². The average molecular weight is 307 g/mol. The first-order valence-corrected chi connectivity index (χ1v) is 6.94. The van der Waals surface area contributed by atoms with Crippen molar-refractivity contribution < 1.29 is 18.8 Å². The molecule has 6 nitrogen and oxygen atoms in total. The minimum Gasteiger partial charge on any atom is -0.379 e. The highest BCUT2D eigenvalue weighted by Gasteiger charge is 2.42. The van der Waals surface area contributed by atoms with Gasteiger partial charge in [0.25, 0.3) is 5.91 Å². The number of hydrogen-bond acceptors (Lipinski definition) is 4. The van der Waals surface area contributed by atoms with Crippen LogP contribution in [-0.2, 0) is 14.4 Å². The smallest absolute Gasteiger partial charge is 0.267 e. The number of nitrogens with zero attached hydrogens (tertiary/aromatic N) is 1. The number of carbonyl (C=O) groups excluding carboxylic acids is 2. The van der Waals surface area contributed by atoms with Crippen molar-refractivity contribution in [3.05, 3.63) is 35.6 Å². The van der Waals surface area contributed by atoms with Gasteiger partial charge in [-0.3, -0.25) is 9.59 Å². The number of hydrogen-bond donors (Lipinski definition) is 2. The molecule has 2 amide bonds. The lowest BCUT2D eigenvalue weighted by Crippen LogP contribution is -2.45. The molecule has 1 aliphatic heterocycles. The monoisotopic (exact) mass is 307 g/mol. The molecule has 2 rings (SSSR count). The second kappa shape index (κ2) is 6.55. The number of halogens is 1. The van der Waals surface area contributed by atoms with E-state index in [2.05, 4.69) is 15.8 Å². The lowest BCUT2D eigenvalue weighted by atomic mass is 9.95. The molecular formula is C15H18FN3O3. The molecule has 7 heteroatoms. The number of nitrogens with one attached hydrogen (secondary N) is 2. The van der Waals surface area contributed by atoms with E-state index < -0.39 is 5.60 Å². The summed E-state index contributed by atoms with van der Waals surface area (Å²) in [4.78, 5) is 28.5. The van der Waals surface area contributed by atoms with Crippen molar-refractivity contribution in [3.8, 4) is 0 Å². The summed E-state index contributed by atoms with van der Waals surface area (Å²) in [6.45, 7) is 1.85. The Bertz CT molecular complexity index is 601. The SMILES string of the molecule is CNC(=O)CCNC(=O)[C@]1(C)CC(c2ccc(F)cc2)=NO1. The molecule has 1 aromatic carbocycles. The molecule has 2 N–H and O–H groups in total. The van der Waals surface area contributed by atoms with Crippen LogP contribution in [0.15, 0.2) is 29.4 Å². The second-order valence-corrected chi connectivity index (χ2v) is 5.22.